The number of nitrogens with one attached hydrogen (secondary N) is 2. The average Bonchev–Trinajstić information content (AvgIpc) is 3.23. The maximum atomic E-state index is 12.8. The fourth-order valence-corrected chi connectivity index (χ4v) is 2.96. The van der Waals surface area contributed by atoms with Gasteiger partial charge in [0.05, 0.1) is 17.7 Å². The quantitative estimate of drug-likeness (QED) is 0.513. The zero-order valence-electron chi connectivity index (χ0n) is 14.8. The standard InChI is InChI=1S/C18H22N6OS/c1-14-16(17(25)24(22(14)2)15-7-4-3-5-8-15)21-18(26)20-9-6-11-23-12-10-19-13-23/h3-5,7-8,10,12-13H,6,9,11H2,1-2H3,(H2,20,21,26). The van der Waals surface area contributed by atoms with Crippen LogP contribution in [-0.2, 0) is 13.6 Å². The number of aryl methyl sites for hydroxylation is 1. The number of aromatic nitrogens is 4. The molecule has 0 spiro atoms. The van der Waals surface area contributed by atoms with Gasteiger partial charge in [0.15, 0.2) is 5.11 Å². The zero-order chi connectivity index (χ0) is 18.5. The minimum absolute atomic E-state index is 0.126. The minimum Gasteiger partial charge on any atom is -0.362 e. The summed E-state index contributed by atoms with van der Waals surface area (Å²) in [7, 11) is 1.86. The molecule has 0 bridgehead atoms. The van der Waals surface area contributed by atoms with Crippen LogP contribution in [0.15, 0.2) is 53.8 Å². The first-order valence-corrected chi connectivity index (χ1v) is 8.83. The molecule has 0 radical (unpaired) electrons. The second kappa shape index (κ2) is 8.01. The molecule has 2 heterocycles. The Morgan fingerprint density at radius 3 is 2.73 bits per heavy atom. The van der Waals surface area contributed by atoms with Crippen LogP contribution in [0.3, 0.4) is 0 Å². The molecule has 0 atom stereocenters. The minimum atomic E-state index is -0.126. The molecule has 3 rings (SSSR count). The van der Waals surface area contributed by atoms with Gasteiger partial charge in [0, 0.05) is 32.5 Å². The Morgan fingerprint density at radius 2 is 2.04 bits per heavy atom. The van der Waals surface area contributed by atoms with Crippen LogP contribution in [-0.4, -0.2) is 30.6 Å². The van der Waals surface area contributed by atoms with Crippen molar-refractivity contribution in [1.29, 1.82) is 0 Å². The lowest BCUT2D eigenvalue weighted by Gasteiger charge is -2.09. The van der Waals surface area contributed by atoms with Crippen LogP contribution in [0, 0.1) is 6.92 Å². The maximum Gasteiger partial charge on any atom is 0.295 e. The van der Waals surface area contributed by atoms with Gasteiger partial charge >= 0.3 is 0 Å². The summed E-state index contributed by atoms with van der Waals surface area (Å²) in [5, 5.41) is 6.64. The largest absolute Gasteiger partial charge is 0.362 e. The lowest BCUT2D eigenvalue weighted by Crippen LogP contribution is -2.32. The zero-order valence-corrected chi connectivity index (χ0v) is 15.7. The van der Waals surface area contributed by atoms with Gasteiger partial charge in [0.25, 0.3) is 5.56 Å². The van der Waals surface area contributed by atoms with Gasteiger partial charge in [-0.15, -0.1) is 0 Å². The van der Waals surface area contributed by atoms with Gasteiger partial charge in [-0.05, 0) is 37.7 Å². The number of hydrogen-bond donors (Lipinski definition) is 2. The van der Waals surface area contributed by atoms with Gasteiger partial charge in [-0.3, -0.25) is 9.48 Å². The van der Waals surface area contributed by atoms with Gasteiger partial charge in [-0.2, -0.15) is 0 Å². The van der Waals surface area contributed by atoms with Crippen LogP contribution in [0.5, 0.6) is 0 Å². The number of benzene rings is 1. The monoisotopic (exact) mass is 370 g/mol. The SMILES string of the molecule is Cc1c(NC(=S)NCCCn2ccnc2)c(=O)n(-c2ccccc2)n1C. The molecule has 0 unspecified atom stereocenters. The normalized spacial score (nSPS) is 10.7. The topological polar surface area (TPSA) is 68.8 Å². The second-order valence-corrected chi connectivity index (χ2v) is 6.38. The van der Waals surface area contributed by atoms with Gasteiger partial charge in [0.1, 0.15) is 5.69 Å². The highest BCUT2D eigenvalue weighted by molar-refractivity contribution is 7.80. The van der Waals surface area contributed by atoms with E-state index in [0.29, 0.717) is 17.3 Å². The Labute approximate surface area is 157 Å². The molecule has 0 saturated carbocycles. The molecule has 2 aromatic heterocycles. The molecule has 136 valence electrons. The van der Waals surface area contributed by atoms with Crippen LogP contribution in [0.25, 0.3) is 5.69 Å². The number of para-hydroxylation sites is 1. The second-order valence-electron chi connectivity index (χ2n) is 5.97. The van der Waals surface area contributed by atoms with Crippen LogP contribution in [0.4, 0.5) is 5.69 Å². The van der Waals surface area contributed by atoms with Crippen molar-refractivity contribution >= 4 is 23.0 Å². The predicted molar refractivity (Wildman–Crippen MR) is 107 cm³/mol. The Balaban J connectivity index is 1.64. The predicted octanol–water partition coefficient (Wildman–Crippen LogP) is 2.06. The third-order valence-electron chi connectivity index (χ3n) is 4.23. The number of hydrogen-bond acceptors (Lipinski definition) is 3. The Kier molecular flexibility index (Phi) is 5.52. The highest BCUT2D eigenvalue weighted by atomic mass is 32.1. The van der Waals surface area contributed by atoms with E-state index in [1.54, 1.807) is 17.2 Å². The van der Waals surface area contributed by atoms with Crippen molar-refractivity contribution in [3.8, 4) is 5.69 Å². The van der Waals surface area contributed by atoms with E-state index in [2.05, 4.69) is 15.6 Å². The van der Waals surface area contributed by atoms with Crippen molar-refractivity contribution in [2.45, 2.75) is 19.9 Å². The number of rotatable bonds is 6. The van der Waals surface area contributed by atoms with E-state index in [1.165, 1.54) is 0 Å². The van der Waals surface area contributed by atoms with Crippen LogP contribution < -0.4 is 16.2 Å². The summed E-state index contributed by atoms with van der Waals surface area (Å²) < 4.78 is 5.46. The van der Waals surface area contributed by atoms with Crippen molar-refractivity contribution in [3.05, 3.63) is 65.1 Å². The molecule has 0 saturated heterocycles. The van der Waals surface area contributed by atoms with Gasteiger partial charge < -0.3 is 15.2 Å². The van der Waals surface area contributed by atoms with Crippen molar-refractivity contribution in [2.75, 3.05) is 11.9 Å². The van der Waals surface area contributed by atoms with E-state index in [1.807, 2.05) is 59.7 Å². The van der Waals surface area contributed by atoms with Crippen molar-refractivity contribution in [2.24, 2.45) is 7.05 Å². The van der Waals surface area contributed by atoms with Crippen LogP contribution >= 0.6 is 12.2 Å². The molecule has 2 N–H and O–H groups in total. The summed E-state index contributed by atoms with van der Waals surface area (Å²) in [6.07, 6.45) is 6.38. The van der Waals surface area contributed by atoms with Gasteiger partial charge in [-0.25, -0.2) is 9.67 Å². The number of thiocarbonyl (C=S) groups is 1. The van der Waals surface area contributed by atoms with E-state index >= 15 is 0 Å². The molecular formula is C18H22N6OS. The molecule has 0 aliphatic carbocycles. The fourth-order valence-electron chi connectivity index (χ4n) is 2.75. The number of nitrogens with zero attached hydrogens (tertiary/aromatic N) is 4. The van der Waals surface area contributed by atoms with E-state index in [0.717, 1.165) is 24.3 Å². The van der Waals surface area contributed by atoms with E-state index in [4.69, 9.17) is 12.2 Å². The average molecular weight is 370 g/mol. The third kappa shape index (κ3) is 3.85. The van der Waals surface area contributed by atoms with Crippen molar-refractivity contribution in [3.63, 3.8) is 0 Å². The van der Waals surface area contributed by atoms with Crippen LogP contribution in [0.2, 0.25) is 0 Å². The third-order valence-corrected chi connectivity index (χ3v) is 4.48. The van der Waals surface area contributed by atoms with Crippen LogP contribution in [0.1, 0.15) is 12.1 Å². The molecule has 0 fully saturated rings. The lowest BCUT2D eigenvalue weighted by atomic mass is 10.3. The first kappa shape index (κ1) is 17.9. The van der Waals surface area contributed by atoms with Crippen molar-refractivity contribution in [1.82, 2.24) is 24.2 Å². The Hall–Kier alpha value is -2.87. The van der Waals surface area contributed by atoms with E-state index in [9.17, 15) is 4.79 Å². The molecule has 0 amide bonds. The summed E-state index contributed by atoms with van der Waals surface area (Å²) in [5.41, 5.74) is 2.00. The summed E-state index contributed by atoms with van der Waals surface area (Å²) >= 11 is 5.34. The molecular weight excluding hydrogens is 348 g/mol. The molecule has 26 heavy (non-hydrogen) atoms. The molecule has 7 nitrogen and oxygen atoms in total. The smallest absolute Gasteiger partial charge is 0.295 e. The maximum absolute atomic E-state index is 12.8. The molecule has 0 aliphatic rings. The summed E-state index contributed by atoms with van der Waals surface area (Å²) in [4.78, 5) is 16.8. The van der Waals surface area contributed by atoms with E-state index < -0.39 is 0 Å². The molecule has 1 aromatic carbocycles. The van der Waals surface area contributed by atoms with Gasteiger partial charge in [0.2, 0.25) is 0 Å². The molecule has 3 aromatic rings. The lowest BCUT2D eigenvalue weighted by molar-refractivity contribution is 0.630. The molecule has 8 heteroatoms. The summed E-state index contributed by atoms with van der Waals surface area (Å²) in [5.74, 6) is 0. The summed E-state index contributed by atoms with van der Waals surface area (Å²) in [6, 6.07) is 9.54. The fraction of sp³-hybridized carbons (Fsp3) is 0.278. The number of imidazole rings is 1. The highest BCUT2D eigenvalue weighted by Crippen LogP contribution is 2.13. The Bertz CT molecular complexity index is 927. The van der Waals surface area contributed by atoms with Gasteiger partial charge in [-0.1, -0.05) is 18.2 Å². The molecule has 0 aliphatic heterocycles. The highest BCUT2D eigenvalue weighted by Gasteiger charge is 2.16. The first-order valence-electron chi connectivity index (χ1n) is 8.42. The number of anilines is 1. The Morgan fingerprint density at radius 1 is 1.27 bits per heavy atom. The van der Waals surface area contributed by atoms with Crippen molar-refractivity contribution < 1.29 is 0 Å². The first-order chi connectivity index (χ1) is 12.6. The summed E-state index contributed by atoms with van der Waals surface area (Å²) in [6.45, 7) is 3.47. The van der Waals surface area contributed by atoms with E-state index in [-0.39, 0.29) is 5.56 Å².